The highest BCUT2D eigenvalue weighted by Gasteiger charge is 2.11. The molecule has 0 aliphatic carbocycles. The van der Waals surface area contributed by atoms with E-state index in [0.29, 0.717) is 5.56 Å². The molecule has 1 heterocycles. The normalized spacial score (nSPS) is 10.1. The van der Waals surface area contributed by atoms with Crippen molar-refractivity contribution in [1.29, 1.82) is 0 Å². The molecule has 2 rings (SSSR count). The second kappa shape index (κ2) is 6.43. The van der Waals surface area contributed by atoms with Gasteiger partial charge < -0.3 is 5.32 Å². The first kappa shape index (κ1) is 14.4. The summed E-state index contributed by atoms with van der Waals surface area (Å²) < 4.78 is 2.59. The van der Waals surface area contributed by atoms with Crippen molar-refractivity contribution in [2.45, 2.75) is 13.5 Å². The van der Waals surface area contributed by atoms with E-state index < -0.39 is 0 Å². The van der Waals surface area contributed by atoms with E-state index in [9.17, 15) is 9.59 Å². The third-order valence-corrected chi connectivity index (χ3v) is 3.19. The van der Waals surface area contributed by atoms with E-state index in [1.165, 1.54) is 6.92 Å². The first-order valence-corrected chi connectivity index (χ1v) is 6.89. The highest BCUT2D eigenvalue weighted by molar-refractivity contribution is 9.10. The van der Waals surface area contributed by atoms with Gasteiger partial charge in [0.1, 0.15) is 0 Å². The van der Waals surface area contributed by atoms with Gasteiger partial charge in [0.15, 0.2) is 18.2 Å². The van der Waals surface area contributed by atoms with Crippen molar-refractivity contribution in [2.24, 2.45) is 0 Å². The van der Waals surface area contributed by atoms with Gasteiger partial charge in [-0.05, 0) is 31.2 Å². The number of aromatic nitrogens is 1. The molecular weight excluding hydrogens is 320 g/mol. The molecule has 4 nitrogen and oxygen atoms in total. The maximum Gasteiger partial charge on any atom is 0.290 e. The molecule has 0 saturated heterocycles. The molecule has 0 aliphatic heterocycles. The Hall–Kier alpha value is -2.01. The number of nitrogens with zero attached hydrogens (tertiary/aromatic N) is 1. The van der Waals surface area contributed by atoms with E-state index in [0.717, 1.165) is 10.2 Å². The molecule has 2 aromatic rings. The van der Waals surface area contributed by atoms with Gasteiger partial charge >= 0.3 is 0 Å². The molecule has 1 aromatic carbocycles. The van der Waals surface area contributed by atoms with Crippen LogP contribution in [0.2, 0.25) is 0 Å². The number of anilines is 1. The van der Waals surface area contributed by atoms with Gasteiger partial charge in [-0.2, -0.15) is 4.57 Å². The van der Waals surface area contributed by atoms with Gasteiger partial charge in [0, 0.05) is 16.2 Å². The van der Waals surface area contributed by atoms with Crippen LogP contribution in [0.15, 0.2) is 53.3 Å². The van der Waals surface area contributed by atoms with Gasteiger partial charge in [0.25, 0.3) is 5.91 Å². The Balaban J connectivity index is 2.04. The van der Waals surface area contributed by atoms with Crippen LogP contribution in [-0.2, 0) is 11.3 Å². The standard InChI is InChI=1S/C15H13BrN2O2/c1-11(19)12-4-3-7-18(9-12)10-15(20)17-14-6-2-5-13(16)8-14/h2-9H,10H2,1H3/p+1. The van der Waals surface area contributed by atoms with Crippen LogP contribution in [0.1, 0.15) is 17.3 Å². The Morgan fingerprint density at radius 3 is 2.75 bits per heavy atom. The number of hydrogen-bond donors (Lipinski definition) is 1. The number of carbonyl (C=O) groups excluding carboxylic acids is 2. The average Bonchev–Trinajstić information content (AvgIpc) is 2.38. The minimum atomic E-state index is -0.145. The number of hydrogen-bond acceptors (Lipinski definition) is 2. The molecule has 20 heavy (non-hydrogen) atoms. The Morgan fingerprint density at radius 1 is 1.25 bits per heavy atom. The molecule has 0 spiro atoms. The summed E-state index contributed by atoms with van der Waals surface area (Å²) in [5, 5.41) is 2.81. The number of amides is 1. The monoisotopic (exact) mass is 333 g/mol. The summed E-state index contributed by atoms with van der Waals surface area (Å²) in [7, 11) is 0. The Morgan fingerprint density at radius 2 is 2.05 bits per heavy atom. The Labute approximate surface area is 125 Å². The molecule has 5 heteroatoms. The lowest BCUT2D eigenvalue weighted by Gasteiger charge is -2.03. The van der Waals surface area contributed by atoms with Gasteiger partial charge in [0.2, 0.25) is 6.54 Å². The van der Waals surface area contributed by atoms with E-state index in [4.69, 9.17) is 0 Å². The summed E-state index contributed by atoms with van der Waals surface area (Å²) in [5.74, 6) is -0.166. The molecule has 1 N–H and O–H groups in total. The van der Waals surface area contributed by atoms with E-state index in [1.807, 2.05) is 24.3 Å². The van der Waals surface area contributed by atoms with Crippen LogP contribution in [0.4, 0.5) is 5.69 Å². The number of halogens is 1. The fourth-order valence-corrected chi connectivity index (χ4v) is 2.16. The van der Waals surface area contributed by atoms with Crippen LogP contribution >= 0.6 is 15.9 Å². The fourth-order valence-electron chi connectivity index (χ4n) is 1.76. The lowest BCUT2D eigenvalue weighted by molar-refractivity contribution is -0.684. The van der Waals surface area contributed by atoms with Crippen molar-refractivity contribution in [3.05, 3.63) is 58.8 Å². The summed E-state index contributed by atoms with van der Waals surface area (Å²) in [6, 6.07) is 10.9. The first-order valence-electron chi connectivity index (χ1n) is 6.10. The smallest absolute Gasteiger partial charge is 0.290 e. The lowest BCUT2D eigenvalue weighted by atomic mass is 10.2. The predicted molar refractivity (Wildman–Crippen MR) is 79.4 cm³/mol. The summed E-state index contributed by atoms with van der Waals surface area (Å²) in [6.07, 6.45) is 3.43. The summed E-state index contributed by atoms with van der Waals surface area (Å²) in [5.41, 5.74) is 1.32. The highest BCUT2D eigenvalue weighted by Crippen LogP contribution is 2.15. The number of rotatable bonds is 4. The van der Waals surface area contributed by atoms with Crippen molar-refractivity contribution in [3.63, 3.8) is 0 Å². The molecule has 0 saturated carbocycles. The third-order valence-electron chi connectivity index (χ3n) is 2.70. The number of benzene rings is 1. The number of nitrogens with one attached hydrogen (secondary N) is 1. The minimum Gasteiger partial charge on any atom is -0.321 e. The van der Waals surface area contributed by atoms with Gasteiger partial charge in [-0.25, -0.2) is 0 Å². The second-order valence-corrected chi connectivity index (χ2v) is 5.30. The number of carbonyl (C=O) groups is 2. The van der Waals surface area contributed by atoms with Crippen LogP contribution in [0.5, 0.6) is 0 Å². The maximum absolute atomic E-state index is 11.9. The van der Waals surface area contributed by atoms with Crippen molar-refractivity contribution in [1.82, 2.24) is 0 Å². The topological polar surface area (TPSA) is 50.0 Å². The van der Waals surface area contributed by atoms with Crippen LogP contribution < -0.4 is 9.88 Å². The van der Waals surface area contributed by atoms with Crippen LogP contribution in [0, 0.1) is 0 Å². The van der Waals surface area contributed by atoms with Gasteiger partial charge in [-0.1, -0.05) is 22.0 Å². The molecule has 0 aliphatic rings. The second-order valence-electron chi connectivity index (χ2n) is 4.38. The van der Waals surface area contributed by atoms with Crippen LogP contribution in [0.25, 0.3) is 0 Å². The molecule has 102 valence electrons. The largest absolute Gasteiger partial charge is 0.321 e. The SMILES string of the molecule is CC(=O)c1ccc[n+](CC(=O)Nc2cccc(Br)c2)c1. The minimum absolute atomic E-state index is 0.0215. The predicted octanol–water partition coefficient (Wildman–Crippen LogP) is 2.58. The van der Waals surface area contributed by atoms with Gasteiger partial charge in [0.05, 0.1) is 5.56 Å². The first-order chi connectivity index (χ1) is 9.54. The zero-order valence-corrected chi connectivity index (χ0v) is 12.6. The zero-order valence-electron chi connectivity index (χ0n) is 11.0. The van der Waals surface area contributed by atoms with Crippen molar-refractivity contribution >= 4 is 33.3 Å². The fraction of sp³-hybridized carbons (Fsp3) is 0.133. The van der Waals surface area contributed by atoms with E-state index >= 15 is 0 Å². The van der Waals surface area contributed by atoms with E-state index in [1.54, 1.807) is 29.1 Å². The van der Waals surface area contributed by atoms with Gasteiger partial charge in [-0.3, -0.25) is 9.59 Å². The van der Waals surface area contributed by atoms with E-state index in [-0.39, 0.29) is 18.2 Å². The average molecular weight is 334 g/mol. The molecule has 1 amide bonds. The third kappa shape index (κ3) is 3.99. The summed E-state index contributed by atoms with van der Waals surface area (Å²) >= 11 is 3.35. The van der Waals surface area contributed by atoms with Crippen molar-refractivity contribution in [2.75, 3.05) is 5.32 Å². The van der Waals surface area contributed by atoms with Crippen LogP contribution in [-0.4, -0.2) is 11.7 Å². The van der Waals surface area contributed by atoms with E-state index in [2.05, 4.69) is 21.2 Å². The molecule has 0 atom stereocenters. The molecule has 1 aromatic heterocycles. The summed E-state index contributed by atoms with van der Waals surface area (Å²) in [4.78, 5) is 23.2. The highest BCUT2D eigenvalue weighted by atomic mass is 79.9. The summed E-state index contributed by atoms with van der Waals surface area (Å²) in [6.45, 7) is 1.66. The Kier molecular flexibility index (Phi) is 4.63. The number of ketones is 1. The molecule has 0 radical (unpaired) electrons. The molecule has 0 bridgehead atoms. The molecule has 0 unspecified atom stereocenters. The quantitative estimate of drug-likeness (QED) is 0.690. The maximum atomic E-state index is 11.9. The number of pyridine rings is 1. The molecular formula is C15H14BrN2O2+. The molecule has 0 fully saturated rings. The van der Waals surface area contributed by atoms with Crippen molar-refractivity contribution < 1.29 is 14.2 Å². The van der Waals surface area contributed by atoms with Gasteiger partial charge in [-0.15, -0.1) is 0 Å². The Bertz CT molecular complexity index is 656. The zero-order chi connectivity index (χ0) is 14.5. The number of Topliss-reactive ketones (excluding diaryl/α,β-unsaturated/α-hetero) is 1. The lowest BCUT2D eigenvalue weighted by Crippen LogP contribution is -2.40. The van der Waals surface area contributed by atoms with Crippen molar-refractivity contribution in [3.8, 4) is 0 Å². The van der Waals surface area contributed by atoms with Crippen LogP contribution in [0.3, 0.4) is 0 Å².